The van der Waals surface area contributed by atoms with Crippen LogP contribution in [0.4, 0.5) is 0 Å². The van der Waals surface area contributed by atoms with Gasteiger partial charge in [-0.3, -0.25) is 0 Å². The Hall–Kier alpha value is -0.430. The molecule has 1 aromatic rings. The maximum Gasteiger partial charge on any atom is 0.243 e. The first kappa shape index (κ1) is 17.6. The molecule has 0 amide bonds. The highest BCUT2D eigenvalue weighted by Crippen LogP contribution is 2.19. The van der Waals surface area contributed by atoms with Crippen LogP contribution in [0.3, 0.4) is 0 Å². The summed E-state index contributed by atoms with van der Waals surface area (Å²) in [4.78, 5) is 2.35. The number of rotatable bonds is 7. The summed E-state index contributed by atoms with van der Waals surface area (Å²) in [5, 5.41) is 0.724. The number of nitrogens with zero attached hydrogens (tertiary/aromatic N) is 2. The van der Waals surface area contributed by atoms with Crippen molar-refractivity contribution in [2.24, 2.45) is 0 Å². The summed E-state index contributed by atoms with van der Waals surface area (Å²) in [5.41, 5.74) is 1.06. The SMILES string of the molecule is CCN(C(C)CN(C)C)S(=O)(=O)c1ccc(CBr)cc1. The van der Waals surface area contributed by atoms with E-state index in [2.05, 4.69) is 15.9 Å². The van der Waals surface area contributed by atoms with Gasteiger partial charge in [-0.15, -0.1) is 0 Å². The van der Waals surface area contributed by atoms with Crippen molar-refractivity contribution >= 4 is 26.0 Å². The molecule has 0 spiro atoms. The van der Waals surface area contributed by atoms with Crippen LogP contribution in [-0.4, -0.2) is 50.8 Å². The van der Waals surface area contributed by atoms with Gasteiger partial charge in [0.1, 0.15) is 0 Å². The van der Waals surface area contributed by atoms with Crippen LogP contribution in [-0.2, 0) is 15.4 Å². The Morgan fingerprint density at radius 1 is 1.20 bits per heavy atom. The lowest BCUT2D eigenvalue weighted by molar-refractivity contribution is 0.271. The maximum atomic E-state index is 12.7. The van der Waals surface area contributed by atoms with Crippen LogP contribution < -0.4 is 0 Å². The fraction of sp³-hybridized carbons (Fsp3) is 0.571. The average Bonchev–Trinajstić information content (AvgIpc) is 2.38. The molecule has 0 saturated heterocycles. The Balaban J connectivity index is 3.04. The van der Waals surface area contributed by atoms with Crippen LogP contribution in [0.1, 0.15) is 19.4 Å². The monoisotopic (exact) mass is 362 g/mol. The molecule has 1 atom stereocenters. The van der Waals surface area contributed by atoms with Crippen molar-refractivity contribution in [1.82, 2.24) is 9.21 Å². The largest absolute Gasteiger partial charge is 0.308 e. The number of sulfonamides is 1. The maximum absolute atomic E-state index is 12.7. The lowest BCUT2D eigenvalue weighted by Gasteiger charge is -2.29. The Morgan fingerprint density at radius 2 is 1.75 bits per heavy atom. The number of hydrogen-bond donors (Lipinski definition) is 0. The van der Waals surface area contributed by atoms with Gasteiger partial charge in [-0.2, -0.15) is 4.31 Å². The molecule has 0 aliphatic heterocycles. The Kier molecular flexibility index (Phi) is 6.64. The smallest absolute Gasteiger partial charge is 0.243 e. The van der Waals surface area contributed by atoms with E-state index < -0.39 is 10.0 Å². The van der Waals surface area contributed by atoms with E-state index in [-0.39, 0.29) is 6.04 Å². The molecule has 20 heavy (non-hydrogen) atoms. The summed E-state index contributed by atoms with van der Waals surface area (Å²) < 4.78 is 26.9. The summed E-state index contributed by atoms with van der Waals surface area (Å²) in [6, 6.07) is 6.97. The van der Waals surface area contributed by atoms with Gasteiger partial charge in [-0.25, -0.2) is 8.42 Å². The van der Waals surface area contributed by atoms with Crippen molar-refractivity contribution in [2.45, 2.75) is 30.1 Å². The van der Waals surface area contributed by atoms with E-state index in [0.29, 0.717) is 18.0 Å². The van der Waals surface area contributed by atoms with Gasteiger partial charge in [-0.1, -0.05) is 35.0 Å². The van der Waals surface area contributed by atoms with Crippen molar-refractivity contribution in [3.8, 4) is 0 Å². The van der Waals surface area contributed by atoms with Crippen LogP contribution in [0.5, 0.6) is 0 Å². The van der Waals surface area contributed by atoms with E-state index in [1.807, 2.05) is 45.0 Å². The second-order valence-electron chi connectivity index (χ2n) is 5.10. The zero-order valence-corrected chi connectivity index (χ0v) is 14.9. The first-order chi connectivity index (χ1) is 9.32. The number of benzene rings is 1. The van der Waals surface area contributed by atoms with E-state index in [0.717, 1.165) is 10.9 Å². The molecule has 4 nitrogen and oxygen atoms in total. The van der Waals surface area contributed by atoms with Gasteiger partial charge >= 0.3 is 0 Å². The van der Waals surface area contributed by atoms with Crippen LogP contribution in [0.2, 0.25) is 0 Å². The van der Waals surface area contributed by atoms with Crippen molar-refractivity contribution in [2.75, 3.05) is 27.2 Å². The standard InChI is InChI=1S/C14H23BrN2O2S/c1-5-17(12(2)11-16(3)4)20(18,19)14-8-6-13(10-15)7-9-14/h6-9,12H,5,10-11H2,1-4H3. The fourth-order valence-electron chi connectivity index (χ4n) is 2.22. The minimum Gasteiger partial charge on any atom is -0.308 e. The summed E-state index contributed by atoms with van der Waals surface area (Å²) in [7, 11) is 0.463. The summed E-state index contributed by atoms with van der Waals surface area (Å²) in [6.45, 7) is 4.98. The van der Waals surface area contributed by atoms with E-state index >= 15 is 0 Å². The van der Waals surface area contributed by atoms with Gasteiger partial charge in [0.05, 0.1) is 4.90 Å². The van der Waals surface area contributed by atoms with Gasteiger partial charge in [0, 0.05) is 24.5 Å². The van der Waals surface area contributed by atoms with Crippen molar-refractivity contribution in [3.63, 3.8) is 0 Å². The topological polar surface area (TPSA) is 40.6 Å². The third kappa shape index (κ3) is 4.28. The van der Waals surface area contributed by atoms with Gasteiger partial charge in [-0.05, 0) is 38.7 Å². The third-order valence-corrected chi connectivity index (χ3v) is 5.87. The van der Waals surface area contributed by atoms with Gasteiger partial charge in [0.15, 0.2) is 0 Å². The zero-order valence-electron chi connectivity index (χ0n) is 12.5. The molecule has 0 aliphatic rings. The molecular weight excluding hydrogens is 340 g/mol. The second-order valence-corrected chi connectivity index (χ2v) is 7.55. The summed E-state index contributed by atoms with van der Waals surface area (Å²) >= 11 is 3.36. The minimum absolute atomic E-state index is 0.0594. The molecule has 0 heterocycles. The van der Waals surface area contributed by atoms with Crippen LogP contribution in [0.25, 0.3) is 0 Å². The second kappa shape index (κ2) is 7.54. The molecule has 0 N–H and O–H groups in total. The number of halogens is 1. The molecule has 114 valence electrons. The highest BCUT2D eigenvalue weighted by atomic mass is 79.9. The molecule has 1 rings (SSSR count). The van der Waals surface area contributed by atoms with E-state index in [1.165, 1.54) is 0 Å². The van der Waals surface area contributed by atoms with Gasteiger partial charge in [0.2, 0.25) is 10.0 Å². The van der Waals surface area contributed by atoms with Crippen molar-refractivity contribution in [1.29, 1.82) is 0 Å². The fourth-order valence-corrected chi connectivity index (χ4v) is 4.23. The molecule has 1 aromatic carbocycles. The highest BCUT2D eigenvalue weighted by Gasteiger charge is 2.27. The summed E-state index contributed by atoms with van der Waals surface area (Å²) in [5.74, 6) is 0. The summed E-state index contributed by atoms with van der Waals surface area (Å²) in [6.07, 6.45) is 0. The van der Waals surface area contributed by atoms with Gasteiger partial charge in [0.25, 0.3) is 0 Å². The number of hydrogen-bond acceptors (Lipinski definition) is 3. The van der Waals surface area contributed by atoms with Crippen molar-refractivity contribution < 1.29 is 8.42 Å². The first-order valence-electron chi connectivity index (χ1n) is 6.64. The Bertz CT molecular complexity index is 514. The normalized spacial score (nSPS) is 13.9. The molecule has 0 fully saturated rings. The van der Waals surface area contributed by atoms with Crippen LogP contribution in [0.15, 0.2) is 29.2 Å². The quantitative estimate of drug-likeness (QED) is 0.699. The molecule has 0 radical (unpaired) electrons. The third-order valence-electron chi connectivity index (χ3n) is 3.12. The molecule has 0 saturated carbocycles. The number of likely N-dealkylation sites (N-methyl/N-ethyl adjacent to an activating group) is 2. The van der Waals surface area contributed by atoms with E-state index in [4.69, 9.17) is 0 Å². The lowest BCUT2D eigenvalue weighted by atomic mass is 10.2. The predicted molar refractivity (Wildman–Crippen MR) is 86.7 cm³/mol. The molecule has 6 heteroatoms. The van der Waals surface area contributed by atoms with Gasteiger partial charge < -0.3 is 4.90 Å². The average molecular weight is 363 g/mol. The van der Waals surface area contributed by atoms with Crippen LogP contribution in [0, 0.1) is 0 Å². The zero-order chi connectivity index (χ0) is 15.3. The molecule has 1 unspecified atom stereocenters. The molecule has 0 aromatic heterocycles. The predicted octanol–water partition coefficient (Wildman–Crippen LogP) is 2.54. The highest BCUT2D eigenvalue weighted by molar-refractivity contribution is 9.08. The van der Waals surface area contributed by atoms with E-state index in [1.54, 1.807) is 16.4 Å². The molecular formula is C14H23BrN2O2S. The van der Waals surface area contributed by atoms with Crippen LogP contribution >= 0.6 is 15.9 Å². The van der Waals surface area contributed by atoms with Crippen molar-refractivity contribution in [3.05, 3.63) is 29.8 Å². The Labute approximate surface area is 130 Å². The Morgan fingerprint density at radius 3 is 2.15 bits per heavy atom. The molecule has 0 aliphatic carbocycles. The lowest BCUT2D eigenvalue weighted by Crippen LogP contribution is -2.43. The molecule has 0 bridgehead atoms. The first-order valence-corrected chi connectivity index (χ1v) is 9.20. The minimum atomic E-state index is -3.43. The number of alkyl halides is 1. The van der Waals surface area contributed by atoms with E-state index in [9.17, 15) is 8.42 Å².